The van der Waals surface area contributed by atoms with Crippen LogP contribution >= 0.6 is 35.6 Å². The van der Waals surface area contributed by atoms with Gasteiger partial charge in [-0.2, -0.15) is 0 Å². The first-order valence-electron chi connectivity index (χ1n) is 5.53. The summed E-state index contributed by atoms with van der Waals surface area (Å²) in [5.74, 6) is 0.611. The molecule has 0 unspecified atom stereocenters. The molecule has 96 valence electrons. The number of urea groups is 1. The van der Waals surface area contributed by atoms with E-state index in [2.05, 4.69) is 0 Å². The summed E-state index contributed by atoms with van der Waals surface area (Å²) in [7, 11) is 0. The summed E-state index contributed by atoms with van der Waals surface area (Å²) < 4.78 is 0.583. The molecule has 0 bridgehead atoms. The average molecular weight is 301 g/mol. The lowest BCUT2D eigenvalue weighted by atomic mass is 10.3. The van der Waals surface area contributed by atoms with Crippen LogP contribution in [-0.4, -0.2) is 27.2 Å². The van der Waals surface area contributed by atoms with Crippen LogP contribution in [0.25, 0.3) is 0 Å². The number of carbonyl (C=O) groups excluding carboxylic acids is 1. The predicted molar refractivity (Wildman–Crippen MR) is 81.4 cm³/mol. The zero-order valence-electron chi connectivity index (χ0n) is 10.1. The summed E-state index contributed by atoms with van der Waals surface area (Å²) in [6, 6.07) is 7.20. The standard InChI is InChI=1S/C12H13ClN2OS2/c1-8(2)14-7-18-12(17)15(11(14)16)10-5-3-9(13)4-6-10/h3-6,8H,7H2,1-2H3. The van der Waals surface area contributed by atoms with Crippen LogP contribution in [0.1, 0.15) is 13.8 Å². The van der Waals surface area contributed by atoms with Crippen LogP contribution in [0.15, 0.2) is 24.3 Å². The van der Waals surface area contributed by atoms with Crippen molar-refractivity contribution in [3.05, 3.63) is 29.3 Å². The molecule has 1 aromatic rings. The lowest BCUT2D eigenvalue weighted by Gasteiger charge is -2.37. The van der Waals surface area contributed by atoms with Gasteiger partial charge in [-0.25, -0.2) is 9.69 Å². The highest BCUT2D eigenvalue weighted by atomic mass is 35.5. The molecule has 1 aliphatic rings. The molecule has 0 radical (unpaired) electrons. The van der Waals surface area contributed by atoms with E-state index in [1.165, 1.54) is 11.8 Å². The van der Waals surface area contributed by atoms with Crippen molar-refractivity contribution in [3.63, 3.8) is 0 Å². The summed E-state index contributed by atoms with van der Waals surface area (Å²) in [5, 5.41) is 0.641. The van der Waals surface area contributed by atoms with Crippen LogP contribution in [0.4, 0.5) is 10.5 Å². The minimum Gasteiger partial charge on any atom is -0.312 e. The summed E-state index contributed by atoms with van der Waals surface area (Å²) >= 11 is 12.6. The van der Waals surface area contributed by atoms with E-state index in [1.807, 2.05) is 13.8 Å². The number of thiocarbonyl (C=S) groups is 1. The van der Waals surface area contributed by atoms with Gasteiger partial charge in [0.25, 0.3) is 0 Å². The molecule has 1 aliphatic heterocycles. The maximum atomic E-state index is 12.4. The fourth-order valence-corrected chi connectivity index (χ4v) is 3.07. The first-order valence-corrected chi connectivity index (χ1v) is 7.31. The Labute approximate surface area is 121 Å². The molecule has 1 fully saturated rings. The summed E-state index contributed by atoms with van der Waals surface area (Å²) in [4.78, 5) is 15.7. The summed E-state index contributed by atoms with van der Waals surface area (Å²) in [6.07, 6.45) is 0. The Morgan fingerprint density at radius 3 is 2.50 bits per heavy atom. The van der Waals surface area contributed by atoms with E-state index in [9.17, 15) is 4.79 Å². The third kappa shape index (κ3) is 2.63. The molecule has 3 nitrogen and oxygen atoms in total. The van der Waals surface area contributed by atoms with Crippen LogP contribution < -0.4 is 4.90 Å². The van der Waals surface area contributed by atoms with Gasteiger partial charge in [0.1, 0.15) is 0 Å². The lowest BCUT2D eigenvalue weighted by Crippen LogP contribution is -2.52. The highest BCUT2D eigenvalue weighted by Crippen LogP contribution is 2.28. The normalized spacial score (nSPS) is 16.7. The number of nitrogens with zero attached hydrogens (tertiary/aromatic N) is 2. The van der Waals surface area contributed by atoms with Crippen LogP contribution in [0, 0.1) is 0 Å². The highest BCUT2D eigenvalue weighted by Gasteiger charge is 2.32. The van der Waals surface area contributed by atoms with Gasteiger partial charge in [0, 0.05) is 11.1 Å². The highest BCUT2D eigenvalue weighted by molar-refractivity contribution is 8.23. The molecule has 0 aliphatic carbocycles. The molecule has 0 aromatic heterocycles. The van der Waals surface area contributed by atoms with E-state index >= 15 is 0 Å². The van der Waals surface area contributed by atoms with Crippen LogP contribution in [-0.2, 0) is 0 Å². The molecule has 2 rings (SSSR count). The van der Waals surface area contributed by atoms with Gasteiger partial charge in [-0.3, -0.25) is 0 Å². The molecule has 0 atom stereocenters. The Kier molecular flexibility index (Phi) is 4.14. The second kappa shape index (κ2) is 5.47. The molecule has 2 amide bonds. The summed E-state index contributed by atoms with van der Waals surface area (Å²) in [5.41, 5.74) is 0.757. The Morgan fingerprint density at radius 1 is 1.33 bits per heavy atom. The molecule has 0 spiro atoms. The molecular formula is C12H13ClN2OS2. The van der Waals surface area contributed by atoms with Crippen molar-refractivity contribution in [2.45, 2.75) is 19.9 Å². The molecule has 18 heavy (non-hydrogen) atoms. The van der Waals surface area contributed by atoms with Gasteiger partial charge in [0.05, 0.1) is 11.6 Å². The third-order valence-electron chi connectivity index (χ3n) is 2.65. The maximum Gasteiger partial charge on any atom is 0.331 e. The van der Waals surface area contributed by atoms with E-state index in [0.717, 1.165) is 5.69 Å². The second-order valence-corrected chi connectivity index (χ2v) is 6.21. The smallest absolute Gasteiger partial charge is 0.312 e. The number of amides is 2. The molecular weight excluding hydrogens is 288 g/mol. The van der Waals surface area contributed by atoms with Gasteiger partial charge < -0.3 is 4.90 Å². The fourth-order valence-electron chi connectivity index (χ4n) is 1.63. The largest absolute Gasteiger partial charge is 0.331 e. The van der Waals surface area contributed by atoms with E-state index in [1.54, 1.807) is 34.1 Å². The monoisotopic (exact) mass is 300 g/mol. The van der Waals surface area contributed by atoms with E-state index in [4.69, 9.17) is 23.8 Å². The Morgan fingerprint density at radius 2 is 1.94 bits per heavy atom. The van der Waals surface area contributed by atoms with Crippen LogP contribution in [0.3, 0.4) is 0 Å². The van der Waals surface area contributed by atoms with Crippen molar-refractivity contribution in [2.24, 2.45) is 0 Å². The number of halogens is 1. The third-order valence-corrected chi connectivity index (χ3v) is 4.28. The van der Waals surface area contributed by atoms with E-state index < -0.39 is 0 Å². The molecule has 0 N–H and O–H groups in total. The number of rotatable bonds is 2. The van der Waals surface area contributed by atoms with Gasteiger partial charge in [0.15, 0.2) is 4.32 Å². The van der Waals surface area contributed by atoms with Gasteiger partial charge in [0.2, 0.25) is 0 Å². The van der Waals surface area contributed by atoms with Crippen molar-refractivity contribution in [2.75, 3.05) is 10.8 Å². The predicted octanol–water partition coefficient (Wildman–Crippen LogP) is 3.97. The van der Waals surface area contributed by atoms with Crippen molar-refractivity contribution in [1.29, 1.82) is 0 Å². The minimum atomic E-state index is -0.0731. The first-order chi connectivity index (χ1) is 8.50. The number of anilines is 1. The topological polar surface area (TPSA) is 23.6 Å². The van der Waals surface area contributed by atoms with E-state index in [-0.39, 0.29) is 12.1 Å². The summed E-state index contributed by atoms with van der Waals surface area (Å²) in [6.45, 7) is 3.99. The van der Waals surface area contributed by atoms with Gasteiger partial charge in [-0.15, -0.1) is 0 Å². The van der Waals surface area contributed by atoms with Crippen LogP contribution in [0.5, 0.6) is 0 Å². The maximum absolute atomic E-state index is 12.4. The molecule has 1 aromatic carbocycles. The second-order valence-electron chi connectivity index (χ2n) is 4.20. The molecule has 6 heteroatoms. The zero-order valence-corrected chi connectivity index (χ0v) is 12.5. The van der Waals surface area contributed by atoms with E-state index in [0.29, 0.717) is 15.2 Å². The quantitative estimate of drug-likeness (QED) is 0.772. The first kappa shape index (κ1) is 13.6. The minimum absolute atomic E-state index is 0.0731. The van der Waals surface area contributed by atoms with Gasteiger partial charge >= 0.3 is 6.03 Å². The molecule has 1 saturated heterocycles. The Balaban J connectivity index is 2.31. The zero-order chi connectivity index (χ0) is 13.3. The number of hydrogen-bond donors (Lipinski definition) is 0. The van der Waals surface area contributed by atoms with Crippen molar-refractivity contribution < 1.29 is 4.79 Å². The number of benzene rings is 1. The van der Waals surface area contributed by atoms with Gasteiger partial charge in [-0.05, 0) is 38.1 Å². The number of carbonyl (C=O) groups is 1. The Bertz CT molecular complexity index is 475. The number of thioether (sulfide) groups is 1. The van der Waals surface area contributed by atoms with Gasteiger partial charge in [-0.1, -0.05) is 35.6 Å². The van der Waals surface area contributed by atoms with Crippen LogP contribution in [0.2, 0.25) is 5.02 Å². The molecule has 1 heterocycles. The fraction of sp³-hybridized carbons (Fsp3) is 0.333. The average Bonchev–Trinajstić information content (AvgIpc) is 2.31. The molecule has 0 saturated carbocycles. The number of hydrogen-bond acceptors (Lipinski definition) is 3. The van der Waals surface area contributed by atoms with Crippen molar-refractivity contribution in [1.82, 2.24) is 4.90 Å². The Hall–Kier alpha value is -0.780. The van der Waals surface area contributed by atoms with Crippen molar-refractivity contribution >= 4 is 51.6 Å². The SMILES string of the molecule is CC(C)N1CSC(=S)N(c2ccc(Cl)cc2)C1=O. The van der Waals surface area contributed by atoms with Crippen molar-refractivity contribution in [3.8, 4) is 0 Å². The lowest BCUT2D eigenvalue weighted by molar-refractivity contribution is 0.204.